The molecule has 11 heavy (non-hydrogen) atoms. The molecule has 0 radical (unpaired) electrons. The van der Waals surface area contributed by atoms with E-state index in [2.05, 4.69) is 0 Å². The quantitative estimate of drug-likeness (QED) is 0.573. The van der Waals surface area contributed by atoms with Gasteiger partial charge in [0, 0.05) is 12.0 Å². The monoisotopic (exact) mass is 152 g/mol. The predicted molar refractivity (Wildman–Crippen MR) is 38.4 cm³/mol. The number of rotatable bonds is 0. The average Bonchev–Trinajstić information content (AvgIpc) is 2.27. The van der Waals surface area contributed by atoms with Crippen molar-refractivity contribution < 1.29 is 14.9 Å². The Balaban J connectivity index is 2.43. The first-order valence-corrected chi connectivity index (χ1v) is 3.42. The molecule has 1 aliphatic heterocycles. The fourth-order valence-corrected chi connectivity index (χ4v) is 1.22. The molecule has 1 atom stereocenters. The third kappa shape index (κ3) is 1.03. The molecule has 0 amide bonds. The number of fused-ring (bicyclic) bond motifs is 1. The van der Waals surface area contributed by atoms with E-state index in [9.17, 15) is 0 Å². The number of phenolic OH excluding ortho intramolecular Hbond substituents is 1. The highest BCUT2D eigenvalue weighted by Crippen LogP contribution is 2.30. The molecule has 2 rings (SSSR count). The van der Waals surface area contributed by atoms with E-state index in [4.69, 9.17) is 14.9 Å². The third-order valence-electron chi connectivity index (χ3n) is 1.70. The average molecular weight is 152 g/mol. The smallest absolute Gasteiger partial charge is 0.201 e. The van der Waals surface area contributed by atoms with Crippen LogP contribution in [-0.2, 0) is 6.42 Å². The molecule has 0 aromatic heterocycles. The number of aliphatic hydroxyl groups excluding tert-OH is 1. The number of phenols is 1. The van der Waals surface area contributed by atoms with Crippen LogP contribution in [0.5, 0.6) is 11.5 Å². The van der Waals surface area contributed by atoms with Crippen LogP contribution in [0.15, 0.2) is 18.2 Å². The van der Waals surface area contributed by atoms with Crippen LogP contribution in [0.1, 0.15) is 5.56 Å². The molecule has 0 saturated carbocycles. The Morgan fingerprint density at radius 3 is 3.09 bits per heavy atom. The number of aromatic hydroxyl groups is 1. The molecule has 0 spiro atoms. The molecule has 0 saturated heterocycles. The second-order valence-corrected chi connectivity index (χ2v) is 2.57. The second-order valence-electron chi connectivity index (χ2n) is 2.57. The number of hydrogen-bond donors (Lipinski definition) is 2. The Bertz CT molecular complexity index is 283. The number of hydrogen-bond acceptors (Lipinski definition) is 3. The maximum absolute atomic E-state index is 9.05. The number of ether oxygens (including phenoxy) is 1. The van der Waals surface area contributed by atoms with E-state index in [-0.39, 0.29) is 5.75 Å². The van der Waals surface area contributed by atoms with E-state index in [1.807, 2.05) is 0 Å². The van der Waals surface area contributed by atoms with Crippen LogP contribution >= 0.6 is 0 Å². The van der Waals surface area contributed by atoms with E-state index in [0.29, 0.717) is 12.2 Å². The van der Waals surface area contributed by atoms with Gasteiger partial charge in [-0.25, -0.2) is 0 Å². The van der Waals surface area contributed by atoms with Crippen LogP contribution in [0.4, 0.5) is 0 Å². The van der Waals surface area contributed by atoms with E-state index >= 15 is 0 Å². The lowest BCUT2D eigenvalue weighted by Gasteiger charge is -2.00. The Hall–Kier alpha value is -1.22. The van der Waals surface area contributed by atoms with Gasteiger partial charge >= 0.3 is 0 Å². The molecule has 1 aromatic carbocycles. The third-order valence-corrected chi connectivity index (χ3v) is 1.70. The van der Waals surface area contributed by atoms with Crippen molar-refractivity contribution in [3.63, 3.8) is 0 Å². The summed E-state index contributed by atoms with van der Waals surface area (Å²) in [7, 11) is 0. The molecule has 3 nitrogen and oxygen atoms in total. The molecule has 1 unspecified atom stereocenters. The Labute approximate surface area is 63.9 Å². The molecule has 3 heteroatoms. The molecule has 0 bridgehead atoms. The number of aliphatic hydroxyl groups is 1. The summed E-state index contributed by atoms with van der Waals surface area (Å²) in [5.74, 6) is 0.872. The lowest BCUT2D eigenvalue weighted by atomic mass is 10.1. The largest absolute Gasteiger partial charge is 0.508 e. The van der Waals surface area contributed by atoms with Crippen molar-refractivity contribution in [1.82, 2.24) is 0 Å². The van der Waals surface area contributed by atoms with Crippen molar-refractivity contribution in [2.24, 2.45) is 0 Å². The molecule has 58 valence electrons. The van der Waals surface area contributed by atoms with Gasteiger partial charge in [0.25, 0.3) is 0 Å². The van der Waals surface area contributed by atoms with Crippen molar-refractivity contribution in [1.29, 1.82) is 0 Å². The summed E-state index contributed by atoms with van der Waals surface area (Å²) < 4.78 is 5.01. The number of benzene rings is 1. The van der Waals surface area contributed by atoms with Gasteiger partial charge in [-0.15, -0.1) is 0 Å². The van der Waals surface area contributed by atoms with E-state index in [1.54, 1.807) is 12.1 Å². The van der Waals surface area contributed by atoms with Gasteiger partial charge in [0.05, 0.1) is 0 Å². The zero-order chi connectivity index (χ0) is 7.84. The molecule has 1 heterocycles. The minimum Gasteiger partial charge on any atom is -0.508 e. The topological polar surface area (TPSA) is 49.7 Å². The molecular formula is C8H8O3. The normalized spacial score (nSPS) is 21.0. The summed E-state index contributed by atoms with van der Waals surface area (Å²) >= 11 is 0. The van der Waals surface area contributed by atoms with Crippen molar-refractivity contribution in [3.05, 3.63) is 23.8 Å². The van der Waals surface area contributed by atoms with Crippen LogP contribution in [0.3, 0.4) is 0 Å². The lowest BCUT2D eigenvalue weighted by molar-refractivity contribution is 0.00215. The maximum Gasteiger partial charge on any atom is 0.201 e. The van der Waals surface area contributed by atoms with Gasteiger partial charge in [0.15, 0.2) is 0 Å². The first-order chi connectivity index (χ1) is 5.25. The first-order valence-electron chi connectivity index (χ1n) is 3.42. The van der Waals surface area contributed by atoms with Crippen LogP contribution in [0.25, 0.3) is 0 Å². The predicted octanol–water partition coefficient (Wildman–Crippen LogP) is 0.645. The summed E-state index contributed by atoms with van der Waals surface area (Å²) in [4.78, 5) is 0. The summed E-state index contributed by atoms with van der Waals surface area (Å²) in [6.07, 6.45) is -0.282. The zero-order valence-corrected chi connectivity index (χ0v) is 5.82. The highest BCUT2D eigenvalue weighted by molar-refractivity contribution is 5.42. The van der Waals surface area contributed by atoms with E-state index in [0.717, 1.165) is 5.56 Å². The molecule has 0 aliphatic carbocycles. The maximum atomic E-state index is 9.05. The summed E-state index contributed by atoms with van der Waals surface area (Å²) in [6.45, 7) is 0. The first kappa shape index (κ1) is 6.49. The van der Waals surface area contributed by atoms with Gasteiger partial charge in [0.1, 0.15) is 11.5 Å². The van der Waals surface area contributed by atoms with Crippen LogP contribution in [0.2, 0.25) is 0 Å². The second kappa shape index (κ2) is 2.13. The minimum absolute atomic E-state index is 0.210. The van der Waals surface area contributed by atoms with Crippen LogP contribution < -0.4 is 4.74 Å². The highest BCUT2D eigenvalue weighted by atomic mass is 16.6. The Morgan fingerprint density at radius 2 is 2.27 bits per heavy atom. The molecule has 0 fully saturated rings. The summed E-state index contributed by atoms with van der Waals surface area (Å²) in [6, 6.07) is 4.79. The van der Waals surface area contributed by atoms with Crippen LogP contribution in [-0.4, -0.2) is 16.5 Å². The Kier molecular flexibility index (Phi) is 1.26. The molecular weight excluding hydrogens is 144 g/mol. The van der Waals surface area contributed by atoms with Gasteiger partial charge in [-0.1, -0.05) is 0 Å². The SMILES string of the molecule is Oc1ccc2c(c1)CC(O)O2. The Morgan fingerprint density at radius 1 is 1.45 bits per heavy atom. The van der Waals surface area contributed by atoms with Gasteiger partial charge in [-0.3, -0.25) is 0 Å². The van der Waals surface area contributed by atoms with Gasteiger partial charge < -0.3 is 14.9 Å². The van der Waals surface area contributed by atoms with Gasteiger partial charge in [-0.05, 0) is 18.2 Å². The molecule has 1 aromatic rings. The van der Waals surface area contributed by atoms with E-state index < -0.39 is 6.29 Å². The standard InChI is InChI=1S/C8H8O3/c9-6-1-2-7-5(3-6)4-8(10)11-7/h1-3,8-10H,4H2. The van der Waals surface area contributed by atoms with E-state index in [1.165, 1.54) is 6.07 Å². The van der Waals surface area contributed by atoms with Crippen molar-refractivity contribution in [3.8, 4) is 11.5 Å². The van der Waals surface area contributed by atoms with Crippen molar-refractivity contribution in [2.75, 3.05) is 0 Å². The highest BCUT2D eigenvalue weighted by Gasteiger charge is 2.19. The fraction of sp³-hybridized carbons (Fsp3) is 0.250. The van der Waals surface area contributed by atoms with Crippen molar-refractivity contribution in [2.45, 2.75) is 12.7 Å². The van der Waals surface area contributed by atoms with Gasteiger partial charge in [-0.2, -0.15) is 0 Å². The van der Waals surface area contributed by atoms with Gasteiger partial charge in [0.2, 0.25) is 6.29 Å². The van der Waals surface area contributed by atoms with Crippen molar-refractivity contribution >= 4 is 0 Å². The molecule has 2 N–H and O–H groups in total. The minimum atomic E-state index is -0.744. The zero-order valence-electron chi connectivity index (χ0n) is 5.82. The summed E-state index contributed by atoms with van der Waals surface area (Å²) in [5, 5.41) is 18.1. The lowest BCUT2D eigenvalue weighted by Crippen LogP contribution is -2.09. The van der Waals surface area contributed by atoms with Crippen LogP contribution in [0, 0.1) is 0 Å². The molecule has 1 aliphatic rings. The summed E-state index contributed by atoms with van der Waals surface area (Å²) in [5.41, 5.74) is 0.859. The fourth-order valence-electron chi connectivity index (χ4n) is 1.22.